The number of aliphatic hydroxyl groups is 1. The van der Waals surface area contributed by atoms with Crippen LogP contribution in [0.2, 0.25) is 0 Å². The second-order valence-corrected chi connectivity index (χ2v) is 15.7. The maximum absolute atomic E-state index is 14.7. The van der Waals surface area contributed by atoms with Crippen LogP contribution in [-0.2, 0) is 43.9 Å². The predicted molar refractivity (Wildman–Crippen MR) is 153 cm³/mol. The summed E-state index contributed by atoms with van der Waals surface area (Å²) in [6, 6.07) is 0. The van der Waals surface area contributed by atoms with Gasteiger partial charge in [0.05, 0.1) is 32.0 Å². The van der Waals surface area contributed by atoms with E-state index in [1.54, 1.807) is 0 Å². The molecule has 0 spiro atoms. The Bertz CT molecular complexity index is 1910. The first kappa shape index (κ1) is 30.3. The molecule has 9 atom stereocenters. The van der Waals surface area contributed by atoms with E-state index >= 15 is 0 Å². The molecule has 4 aromatic rings. The number of anilines is 1. The molecule has 236 valence electrons. The number of imidazole rings is 1. The Labute approximate surface area is 255 Å². The Balaban J connectivity index is 1.19. The van der Waals surface area contributed by atoms with Crippen LogP contribution >= 0.6 is 25.8 Å². The maximum Gasteiger partial charge on any atom is 0.386 e. The highest BCUT2D eigenvalue weighted by molar-refractivity contribution is 8.44. The molecule has 0 amide bonds. The molecule has 7 rings (SSSR count). The van der Waals surface area contributed by atoms with Gasteiger partial charge in [0.1, 0.15) is 47.9 Å². The Hall–Kier alpha value is -2.39. The molecule has 7 heterocycles. The number of fused-ring (bicyclic) bond motifs is 5. The van der Waals surface area contributed by atoms with Crippen molar-refractivity contribution in [1.82, 2.24) is 34.1 Å². The van der Waals surface area contributed by atoms with Crippen molar-refractivity contribution in [2.75, 3.05) is 18.9 Å². The van der Waals surface area contributed by atoms with Crippen molar-refractivity contribution in [1.29, 1.82) is 0 Å². The molecule has 2 unspecified atom stereocenters. The Kier molecular flexibility index (Phi) is 7.67. The van der Waals surface area contributed by atoms with Crippen molar-refractivity contribution in [3.05, 3.63) is 41.3 Å². The summed E-state index contributed by atoms with van der Waals surface area (Å²) in [5, 5.41) is 10.9. The van der Waals surface area contributed by atoms with Gasteiger partial charge in [0.2, 0.25) is 0 Å². The molecule has 0 aromatic carbocycles. The highest BCUT2D eigenvalue weighted by atomic mass is 32.7. The topological polar surface area (TPSA) is 233 Å². The van der Waals surface area contributed by atoms with Crippen LogP contribution < -0.4 is 11.3 Å². The van der Waals surface area contributed by atoms with Gasteiger partial charge in [-0.3, -0.25) is 18.4 Å². The van der Waals surface area contributed by atoms with Crippen LogP contribution in [0.15, 0.2) is 30.0 Å². The number of hydrogen-bond donors (Lipinski definition) is 5. The normalized spacial score (nSPS) is 36.6. The zero-order valence-corrected chi connectivity index (χ0v) is 25.5. The van der Waals surface area contributed by atoms with Gasteiger partial charge < -0.3 is 43.8 Å². The molecule has 23 heteroatoms. The largest absolute Gasteiger partial charge is 0.387 e. The first-order chi connectivity index (χ1) is 20.9. The molecule has 0 saturated carbocycles. The molecule has 4 aromatic heterocycles. The van der Waals surface area contributed by atoms with E-state index in [1.807, 2.05) is 0 Å². The summed E-state index contributed by atoms with van der Waals surface area (Å²) < 4.78 is 65.4. The van der Waals surface area contributed by atoms with Gasteiger partial charge in [-0.2, -0.15) is 0 Å². The zero-order chi connectivity index (χ0) is 31.0. The second-order valence-electron chi connectivity index (χ2n) is 10.1. The number of H-pyrrole nitrogens is 1. The smallest absolute Gasteiger partial charge is 0.386 e. The molecule has 3 aliphatic heterocycles. The van der Waals surface area contributed by atoms with E-state index in [1.165, 1.54) is 21.8 Å². The summed E-state index contributed by atoms with van der Waals surface area (Å²) in [6.45, 7) is -9.25. The lowest BCUT2D eigenvalue weighted by Gasteiger charge is -2.26. The minimum absolute atomic E-state index is 0.00154. The number of nitrogens with one attached hydrogen (secondary N) is 1. The van der Waals surface area contributed by atoms with E-state index in [0.29, 0.717) is 0 Å². The van der Waals surface area contributed by atoms with E-state index in [0.717, 1.165) is 12.5 Å². The minimum atomic E-state index is -4.28. The summed E-state index contributed by atoms with van der Waals surface area (Å²) in [5.74, 6) is -0.736. The molecular weight excluding hydrogens is 669 g/mol. The van der Waals surface area contributed by atoms with Crippen LogP contribution in [0.3, 0.4) is 0 Å². The summed E-state index contributed by atoms with van der Waals surface area (Å²) in [4.78, 5) is 41.7. The number of ether oxygens (including phenoxy) is 2. The number of aromatic amines is 1. The van der Waals surface area contributed by atoms with E-state index in [-0.39, 0.29) is 34.4 Å². The molecule has 0 aliphatic carbocycles. The monoisotopic (exact) mass is 692 g/mol. The van der Waals surface area contributed by atoms with Gasteiger partial charge >= 0.3 is 13.5 Å². The lowest BCUT2D eigenvalue weighted by molar-refractivity contribution is -0.0583. The van der Waals surface area contributed by atoms with Gasteiger partial charge in [0, 0.05) is 12.6 Å². The minimum Gasteiger partial charge on any atom is -0.387 e. The van der Waals surface area contributed by atoms with Crippen molar-refractivity contribution < 1.29 is 46.5 Å². The van der Waals surface area contributed by atoms with Crippen molar-refractivity contribution in [2.24, 2.45) is 0 Å². The Morgan fingerprint density at radius 1 is 1.09 bits per heavy atom. The van der Waals surface area contributed by atoms with Gasteiger partial charge in [0.25, 0.3) is 5.56 Å². The van der Waals surface area contributed by atoms with Crippen LogP contribution in [0.1, 0.15) is 18.9 Å². The van der Waals surface area contributed by atoms with E-state index in [9.17, 15) is 23.7 Å². The van der Waals surface area contributed by atoms with Crippen molar-refractivity contribution in [2.45, 2.75) is 49.4 Å². The number of nitrogens with two attached hydrogens (primary N) is 1. The molecular formula is C21H23FN8O10P2S2. The van der Waals surface area contributed by atoms with Crippen LogP contribution in [0.25, 0.3) is 22.2 Å². The highest BCUT2D eigenvalue weighted by Crippen LogP contribution is 2.58. The fraction of sp³-hybridized carbons (Fsp3) is 0.476. The van der Waals surface area contributed by atoms with Gasteiger partial charge in [-0.15, -0.1) is 0 Å². The number of hydrogen-bond acceptors (Lipinski definition) is 15. The number of halogens is 1. The van der Waals surface area contributed by atoms with Crippen molar-refractivity contribution >= 4 is 65.6 Å². The summed E-state index contributed by atoms with van der Waals surface area (Å²) in [6.07, 6.45) is -3.59. The number of nitrogens with zero attached hydrogens (tertiary/aromatic N) is 6. The second kappa shape index (κ2) is 11.1. The molecule has 5 N–H and O–H groups in total. The summed E-state index contributed by atoms with van der Waals surface area (Å²) in [5.41, 5.74) is 5.69. The highest BCUT2D eigenvalue weighted by Gasteiger charge is 2.51. The molecule has 3 fully saturated rings. The quantitative estimate of drug-likeness (QED) is 0.145. The number of rotatable bonds is 2. The number of nitrogen functional groups attached to an aromatic ring is 1. The summed E-state index contributed by atoms with van der Waals surface area (Å²) in [7, 11) is 0. The van der Waals surface area contributed by atoms with Crippen LogP contribution in [0.4, 0.5) is 10.2 Å². The number of aliphatic hydroxyl groups excluding tert-OH is 1. The molecule has 0 radical (unpaired) electrons. The van der Waals surface area contributed by atoms with E-state index < -0.39 is 81.1 Å². The number of thiol groups is 1. The third-order valence-electron chi connectivity index (χ3n) is 7.36. The molecule has 3 aliphatic rings. The lowest BCUT2D eigenvalue weighted by atomic mass is 10.1. The van der Waals surface area contributed by atoms with Gasteiger partial charge in [-0.05, 0) is 11.8 Å². The van der Waals surface area contributed by atoms with E-state index in [4.69, 9.17) is 45.1 Å². The van der Waals surface area contributed by atoms with Crippen LogP contribution in [0.5, 0.6) is 0 Å². The Morgan fingerprint density at radius 3 is 2.70 bits per heavy atom. The standard InChI is InChI=1S/C21H23FN8O10P2S2/c22-8-2-29(18-13(8)20(32)27-6-25-18)12-1-9-10(37-12)3-35-42(34,44)40-16-15(31)11(4-36-41(33,43)39-9)38-21(16)30-7-28-14-17(23)24-5-26-19(14)30/h2,5-7,9-12,15-16,21,31H,1,3-4H2,(H,33,43)(H,34,44)(H2,23,24,26)(H,25,27,32)/t9-,10+,11+,12+,15+,16+,21+,41?,42?/m0/s1. The Morgan fingerprint density at radius 2 is 1.89 bits per heavy atom. The van der Waals surface area contributed by atoms with Crippen LogP contribution in [0, 0.1) is 5.82 Å². The number of aromatic nitrogens is 7. The average Bonchev–Trinajstić information content (AvgIpc) is 3.72. The van der Waals surface area contributed by atoms with Crippen LogP contribution in [-0.4, -0.2) is 87.8 Å². The summed E-state index contributed by atoms with van der Waals surface area (Å²) >= 11 is 9.34. The fourth-order valence-corrected chi connectivity index (χ4v) is 8.31. The van der Waals surface area contributed by atoms with Crippen molar-refractivity contribution in [3.8, 4) is 0 Å². The molecule has 2 bridgehead atoms. The molecule has 3 saturated heterocycles. The lowest BCUT2D eigenvalue weighted by Crippen LogP contribution is -2.35. The maximum atomic E-state index is 14.7. The fourth-order valence-electron chi connectivity index (χ4n) is 5.37. The first-order valence-corrected chi connectivity index (χ1v) is 18.2. The average molecular weight is 693 g/mol. The van der Waals surface area contributed by atoms with Gasteiger partial charge in [0.15, 0.2) is 29.2 Å². The van der Waals surface area contributed by atoms with E-state index in [2.05, 4.69) is 37.2 Å². The van der Waals surface area contributed by atoms with Gasteiger partial charge in [-0.25, -0.2) is 28.9 Å². The SMILES string of the molecule is Nc1ncnc2c1ncn2[C@@H]1O[C@@H]2COP(O)(=S)O[C@H]3C[C@H](n4cc(F)c5c(=O)[nH]cnc54)O[C@@H]3COP(=O)(S)O[C@@H]1[C@@H]2O. The molecule has 18 nitrogen and oxygen atoms in total. The zero-order valence-electron chi connectivity index (χ0n) is 22.0. The third kappa shape index (κ3) is 5.40. The molecule has 44 heavy (non-hydrogen) atoms. The third-order valence-corrected chi connectivity index (χ3v) is 10.6. The van der Waals surface area contributed by atoms with Crippen molar-refractivity contribution in [3.63, 3.8) is 0 Å². The predicted octanol–water partition coefficient (Wildman–Crippen LogP) is 0.903. The van der Waals surface area contributed by atoms with Gasteiger partial charge in [-0.1, -0.05) is 12.2 Å². The first-order valence-electron chi connectivity index (χ1n) is 12.9.